The summed E-state index contributed by atoms with van der Waals surface area (Å²) in [6.07, 6.45) is 5.11. The van der Waals surface area contributed by atoms with Gasteiger partial charge < -0.3 is 19.7 Å². The third-order valence-electron chi connectivity index (χ3n) is 11.9. The molecular weight excluding hydrogens is 570 g/mol. The van der Waals surface area contributed by atoms with Crippen LogP contribution in [-0.2, 0) is 19.1 Å². The fourth-order valence-electron chi connectivity index (χ4n) is 9.56. The molecule has 1 aromatic heterocycles. The molecule has 5 aliphatic rings. The van der Waals surface area contributed by atoms with E-state index in [2.05, 4.69) is 21.9 Å². The monoisotopic (exact) mass is 611 g/mol. The quantitative estimate of drug-likeness (QED) is 0.237. The number of hydrogen-bond acceptors (Lipinski definition) is 9. The van der Waals surface area contributed by atoms with Crippen LogP contribution in [0.2, 0.25) is 0 Å². The van der Waals surface area contributed by atoms with E-state index in [9.17, 15) is 29.4 Å². The molecule has 6 rings (SSSR count). The Hall–Kier alpha value is -3.09. The number of carbonyl (C=O) groups is 2. The second kappa shape index (κ2) is 11.1. The number of aliphatic hydroxyl groups excluding tert-OH is 1. The number of ketones is 2. The number of aromatic nitrogens is 2. The van der Waals surface area contributed by atoms with E-state index in [1.807, 2.05) is 6.92 Å². The molecule has 3 saturated carbocycles. The van der Waals surface area contributed by atoms with Gasteiger partial charge in [0, 0.05) is 34.9 Å². The van der Waals surface area contributed by atoms with E-state index in [-0.39, 0.29) is 61.4 Å². The molecule has 5 unspecified atom stereocenters. The second-order valence-corrected chi connectivity index (χ2v) is 14.0. The van der Waals surface area contributed by atoms with Gasteiger partial charge in [0.15, 0.2) is 11.6 Å². The van der Waals surface area contributed by atoms with Gasteiger partial charge in [-0.05, 0) is 80.2 Å². The van der Waals surface area contributed by atoms with E-state index < -0.39 is 52.5 Å². The van der Waals surface area contributed by atoms with Crippen LogP contribution < -0.4 is 11.2 Å². The minimum atomic E-state index is -1.67. The lowest BCUT2D eigenvalue weighted by atomic mass is 9.45. The van der Waals surface area contributed by atoms with E-state index in [4.69, 9.17) is 15.0 Å². The summed E-state index contributed by atoms with van der Waals surface area (Å²) in [4.78, 5) is 55.1. The number of aromatic amines is 1. The van der Waals surface area contributed by atoms with Gasteiger partial charge in [0.1, 0.15) is 18.4 Å². The zero-order valence-corrected chi connectivity index (χ0v) is 25.4. The zero-order chi connectivity index (χ0) is 31.6. The molecule has 1 aromatic rings. The summed E-state index contributed by atoms with van der Waals surface area (Å²) in [5.41, 5.74) is 6.62. The molecule has 0 amide bonds. The van der Waals surface area contributed by atoms with Crippen molar-refractivity contribution in [1.82, 2.24) is 9.55 Å². The lowest BCUT2D eigenvalue weighted by molar-refractivity contribution is -0.183. The van der Waals surface area contributed by atoms with Crippen LogP contribution in [0.4, 0.5) is 0 Å². The maximum atomic E-state index is 13.7. The molecule has 13 heteroatoms. The molecule has 1 saturated heterocycles. The van der Waals surface area contributed by atoms with Crippen molar-refractivity contribution in [2.45, 2.75) is 102 Å². The fraction of sp³-hybridized carbons (Fsp3) is 0.742. The summed E-state index contributed by atoms with van der Waals surface area (Å²) in [7, 11) is 0. The first-order chi connectivity index (χ1) is 20.8. The standard InChI is InChI=1S/C31H41N5O8/c1-16-13-36(28(41)33-27(16)40)25-11-21(34-35-32)23(44-25)14-43-15-24(39)31(42)9-7-20-19-5-4-17-10-18(37)6-8-29(17,2)26(19)22(38)12-30(20,31)3/h10,13,19-23,25-26,38,42H,4-9,11-12,14-15H2,1-3H3,(H,33,40,41)/t19?,20?,21-,22-,23+,25+,26?,29?,30?,31-/m0/s1. The van der Waals surface area contributed by atoms with Gasteiger partial charge in [-0.1, -0.05) is 24.5 Å². The Bertz CT molecular complexity index is 1560. The molecule has 238 valence electrons. The molecule has 0 radical (unpaired) electrons. The SMILES string of the molecule is Cc1cn([C@H]2C[C@H](N=[N+]=[N-])[C@@H](COCC(=O)[C@@]3(O)CCC4C5CCC6=CC(=O)CCC6(C)C5[C@@H](O)CC43C)O2)c(=O)[nH]c1=O. The van der Waals surface area contributed by atoms with Crippen LogP contribution in [0.25, 0.3) is 10.4 Å². The zero-order valence-electron chi connectivity index (χ0n) is 25.4. The second-order valence-electron chi connectivity index (χ2n) is 14.0. The summed E-state index contributed by atoms with van der Waals surface area (Å²) in [6, 6.07) is -0.678. The largest absolute Gasteiger partial charge is 0.393 e. The molecule has 0 aromatic carbocycles. The smallest absolute Gasteiger partial charge is 0.330 e. The highest BCUT2D eigenvalue weighted by Crippen LogP contribution is 2.67. The number of hydrogen-bond donors (Lipinski definition) is 3. The Labute approximate surface area is 254 Å². The van der Waals surface area contributed by atoms with Gasteiger partial charge in [-0.15, -0.1) is 0 Å². The average molecular weight is 612 g/mol. The molecule has 3 N–H and O–H groups in total. The molecule has 2 heterocycles. The van der Waals surface area contributed by atoms with Crippen LogP contribution in [0.15, 0.2) is 32.5 Å². The molecule has 13 nitrogen and oxygen atoms in total. The number of rotatable bonds is 7. The summed E-state index contributed by atoms with van der Waals surface area (Å²) >= 11 is 0. The predicted octanol–water partition coefficient (Wildman–Crippen LogP) is 2.63. The van der Waals surface area contributed by atoms with Gasteiger partial charge in [0.2, 0.25) is 0 Å². The van der Waals surface area contributed by atoms with Crippen molar-refractivity contribution in [3.63, 3.8) is 0 Å². The van der Waals surface area contributed by atoms with Crippen LogP contribution >= 0.6 is 0 Å². The highest BCUT2D eigenvalue weighted by Gasteiger charge is 2.68. The van der Waals surface area contributed by atoms with E-state index in [1.54, 1.807) is 13.0 Å². The van der Waals surface area contributed by atoms with Crippen LogP contribution in [0.1, 0.15) is 77.0 Å². The van der Waals surface area contributed by atoms with Gasteiger partial charge in [-0.25, -0.2) is 4.79 Å². The molecule has 1 aliphatic heterocycles. The lowest BCUT2D eigenvalue weighted by Crippen LogP contribution is -2.62. The van der Waals surface area contributed by atoms with Crippen LogP contribution in [-0.4, -0.2) is 68.4 Å². The van der Waals surface area contributed by atoms with Gasteiger partial charge in [0.25, 0.3) is 5.56 Å². The molecule has 0 spiro atoms. The first-order valence-electron chi connectivity index (χ1n) is 15.6. The topological polar surface area (TPSA) is 197 Å². The molecule has 4 fully saturated rings. The van der Waals surface area contributed by atoms with Gasteiger partial charge >= 0.3 is 5.69 Å². The number of ether oxygens (including phenoxy) is 2. The molecular formula is C31H41N5O8. The van der Waals surface area contributed by atoms with Crippen molar-refractivity contribution in [2.24, 2.45) is 33.7 Å². The number of azide groups is 1. The van der Waals surface area contributed by atoms with Crippen molar-refractivity contribution >= 4 is 11.6 Å². The number of nitrogens with one attached hydrogen (secondary N) is 1. The first kappa shape index (κ1) is 30.9. The highest BCUT2D eigenvalue weighted by atomic mass is 16.6. The molecule has 44 heavy (non-hydrogen) atoms. The molecule has 0 bridgehead atoms. The summed E-state index contributed by atoms with van der Waals surface area (Å²) in [5, 5.41) is 27.4. The summed E-state index contributed by atoms with van der Waals surface area (Å²) in [5.74, 6) is -0.146. The average Bonchev–Trinajstić information content (AvgIpc) is 3.48. The van der Waals surface area contributed by atoms with Crippen molar-refractivity contribution < 1.29 is 29.3 Å². The number of carbonyl (C=O) groups excluding carboxylic acids is 2. The number of allylic oxidation sites excluding steroid dienone is 1. The van der Waals surface area contributed by atoms with Crippen molar-refractivity contribution in [1.29, 1.82) is 0 Å². The van der Waals surface area contributed by atoms with Crippen molar-refractivity contribution in [2.75, 3.05) is 13.2 Å². The minimum absolute atomic E-state index is 0.0220. The number of aryl methyl sites for hydroxylation is 1. The third kappa shape index (κ3) is 4.71. The lowest BCUT2D eigenvalue weighted by Gasteiger charge is -2.60. The predicted molar refractivity (Wildman–Crippen MR) is 156 cm³/mol. The first-order valence-corrected chi connectivity index (χ1v) is 15.6. The van der Waals surface area contributed by atoms with E-state index in [0.717, 1.165) is 18.4 Å². The number of aliphatic hydroxyl groups is 2. The summed E-state index contributed by atoms with van der Waals surface area (Å²) in [6.45, 7) is 5.15. The summed E-state index contributed by atoms with van der Waals surface area (Å²) < 4.78 is 13.0. The van der Waals surface area contributed by atoms with Crippen molar-refractivity contribution in [3.8, 4) is 0 Å². The van der Waals surface area contributed by atoms with Gasteiger partial charge in [0.05, 0.1) is 24.9 Å². The molecule has 10 atom stereocenters. The van der Waals surface area contributed by atoms with E-state index >= 15 is 0 Å². The van der Waals surface area contributed by atoms with Crippen LogP contribution in [0.3, 0.4) is 0 Å². The maximum absolute atomic E-state index is 13.7. The Balaban J connectivity index is 1.14. The van der Waals surface area contributed by atoms with E-state index in [0.29, 0.717) is 24.8 Å². The maximum Gasteiger partial charge on any atom is 0.330 e. The van der Waals surface area contributed by atoms with E-state index in [1.165, 1.54) is 10.8 Å². The Morgan fingerprint density at radius 1 is 1.25 bits per heavy atom. The normalized spacial score (nSPS) is 41.2. The fourth-order valence-corrected chi connectivity index (χ4v) is 9.56. The van der Waals surface area contributed by atoms with Crippen molar-refractivity contribution in [3.05, 3.63) is 54.7 Å². The molecule has 4 aliphatic carbocycles. The Morgan fingerprint density at radius 2 is 2.02 bits per heavy atom. The number of nitrogens with zero attached hydrogens (tertiary/aromatic N) is 4. The Kier molecular flexibility index (Phi) is 7.77. The van der Waals surface area contributed by atoms with Gasteiger partial charge in [-0.3, -0.25) is 23.9 Å². The Morgan fingerprint density at radius 3 is 2.77 bits per heavy atom. The number of H-pyrrole nitrogens is 1. The third-order valence-corrected chi connectivity index (χ3v) is 11.9. The number of fused-ring (bicyclic) bond motifs is 5. The van der Waals surface area contributed by atoms with Gasteiger partial charge in [-0.2, -0.15) is 0 Å². The van der Waals surface area contributed by atoms with Crippen LogP contribution in [0, 0.1) is 35.5 Å². The number of Topliss-reactive ketones (excluding diaryl/α,β-unsaturated/α-hetero) is 1. The van der Waals surface area contributed by atoms with Crippen LogP contribution in [0.5, 0.6) is 0 Å². The highest BCUT2D eigenvalue weighted by molar-refractivity contribution is 5.92. The minimum Gasteiger partial charge on any atom is -0.393 e.